The quantitative estimate of drug-likeness (QED) is 0.570. The van der Waals surface area contributed by atoms with E-state index in [9.17, 15) is 13.2 Å². The number of anilines is 1. The van der Waals surface area contributed by atoms with Crippen molar-refractivity contribution in [3.8, 4) is 22.4 Å². The Bertz CT molecular complexity index is 852. The van der Waals surface area contributed by atoms with Gasteiger partial charge in [0.05, 0.1) is 10.6 Å². The first kappa shape index (κ1) is 14.4. The summed E-state index contributed by atoms with van der Waals surface area (Å²) >= 11 is 5.56. The van der Waals surface area contributed by atoms with Gasteiger partial charge in [0.2, 0.25) is 5.88 Å². The Hall–Kier alpha value is -2.54. The monoisotopic (exact) mass is 325 g/mol. The molecule has 2 N–H and O–H groups in total. The normalized spacial score (nSPS) is 10.9. The van der Waals surface area contributed by atoms with Gasteiger partial charge in [-0.05, 0) is 23.8 Å². The second-order valence-electron chi connectivity index (χ2n) is 4.35. The molecule has 8 heteroatoms. The molecule has 22 heavy (non-hydrogen) atoms. The van der Waals surface area contributed by atoms with E-state index in [1.807, 2.05) is 0 Å². The Morgan fingerprint density at radius 1 is 1.05 bits per heavy atom. The molecule has 0 saturated heterocycles. The third-order valence-electron chi connectivity index (χ3n) is 3.05. The molecule has 112 valence electrons. The number of hydrogen-bond donors (Lipinski definition) is 1. The zero-order valence-corrected chi connectivity index (χ0v) is 11.5. The molecule has 0 aliphatic carbocycles. The number of benzene rings is 1. The van der Waals surface area contributed by atoms with Gasteiger partial charge < -0.3 is 10.3 Å². The van der Waals surface area contributed by atoms with Gasteiger partial charge in [-0.15, -0.1) is 0 Å². The second kappa shape index (κ2) is 5.34. The molecule has 0 aliphatic rings. The average molecular weight is 326 g/mol. The van der Waals surface area contributed by atoms with Crippen molar-refractivity contribution in [3.63, 3.8) is 0 Å². The molecule has 0 radical (unpaired) electrons. The first-order valence-electron chi connectivity index (χ1n) is 5.99. The van der Waals surface area contributed by atoms with Gasteiger partial charge in [-0.2, -0.15) is 0 Å². The van der Waals surface area contributed by atoms with Crippen molar-refractivity contribution in [2.75, 3.05) is 5.73 Å². The van der Waals surface area contributed by atoms with Crippen LogP contribution < -0.4 is 5.73 Å². The fourth-order valence-corrected chi connectivity index (χ4v) is 2.22. The van der Waals surface area contributed by atoms with Gasteiger partial charge in [0.15, 0.2) is 17.5 Å². The van der Waals surface area contributed by atoms with E-state index in [-0.39, 0.29) is 22.7 Å². The summed E-state index contributed by atoms with van der Waals surface area (Å²) in [5.74, 6) is -4.68. The number of nitrogen functional groups attached to an aromatic ring is 1. The highest BCUT2D eigenvalue weighted by atomic mass is 35.5. The molecule has 1 aromatic carbocycles. The van der Waals surface area contributed by atoms with Crippen LogP contribution in [0.25, 0.3) is 22.4 Å². The van der Waals surface area contributed by atoms with Crippen molar-refractivity contribution in [1.82, 2.24) is 10.1 Å². The fourth-order valence-electron chi connectivity index (χ4n) is 2.03. The molecule has 0 bridgehead atoms. The van der Waals surface area contributed by atoms with E-state index in [2.05, 4.69) is 10.1 Å². The van der Waals surface area contributed by atoms with Gasteiger partial charge in [-0.3, -0.25) is 4.98 Å². The summed E-state index contributed by atoms with van der Waals surface area (Å²) in [5, 5.41) is 3.05. The summed E-state index contributed by atoms with van der Waals surface area (Å²) < 4.78 is 45.7. The maximum Gasteiger partial charge on any atom is 0.230 e. The predicted molar refractivity (Wildman–Crippen MR) is 74.5 cm³/mol. The molecule has 0 unspecified atom stereocenters. The van der Waals surface area contributed by atoms with Crippen molar-refractivity contribution in [1.29, 1.82) is 0 Å². The van der Waals surface area contributed by atoms with Crippen LogP contribution in [0.2, 0.25) is 5.02 Å². The Morgan fingerprint density at radius 3 is 2.41 bits per heavy atom. The number of aromatic nitrogens is 2. The van der Waals surface area contributed by atoms with E-state index < -0.39 is 22.5 Å². The minimum Gasteiger partial charge on any atom is -0.367 e. The third-order valence-corrected chi connectivity index (χ3v) is 3.32. The van der Waals surface area contributed by atoms with E-state index in [0.717, 1.165) is 6.07 Å². The maximum absolute atomic E-state index is 14.0. The van der Waals surface area contributed by atoms with E-state index in [0.29, 0.717) is 5.56 Å². The van der Waals surface area contributed by atoms with Crippen LogP contribution in [-0.2, 0) is 0 Å². The first-order chi connectivity index (χ1) is 10.5. The maximum atomic E-state index is 14.0. The molecular formula is C14H7ClF3N3O. The second-order valence-corrected chi connectivity index (χ2v) is 4.76. The number of pyridine rings is 1. The molecule has 0 aliphatic heterocycles. The van der Waals surface area contributed by atoms with E-state index in [1.165, 1.54) is 12.4 Å². The van der Waals surface area contributed by atoms with Crippen LogP contribution in [0, 0.1) is 17.5 Å². The Balaban J connectivity index is 2.28. The van der Waals surface area contributed by atoms with Gasteiger partial charge in [0, 0.05) is 18.0 Å². The van der Waals surface area contributed by atoms with E-state index in [4.69, 9.17) is 21.9 Å². The molecule has 3 rings (SSSR count). The summed E-state index contributed by atoms with van der Waals surface area (Å²) in [6.07, 6.45) is 2.97. The number of nitrogens with two attached hydrogens (primary N) is 1. The first-order valence-corrected chi connectivity index (χ1v) is 6.37. The van der Waals surface area contributed by atoms with Gasteiger partial charge in [-0.25, -0.2) is 13.2 Å². The lowest BCUT2D eigenvalue weighted by Crippen LogP contribution is -1.97. The van der Waals surface area contributed by atoms with E-state index >= 15 is 0 Å². The minimum absolute atomic E-state index is 0.0815. The number of rotatable bonds is 2. The fraction of sp³-hybridized carbons (Fsp3) is 0. The SMILES string of the molecule is Nc1onc(-c2cc(Cl)c(F)c(F)c2F)c1-c1ccncc1. The molecular weight excluding hydrogens is 319 g/mol. The molecule has 4 nitrogen and oxygen atoms in total. The number of hydrogen-bond acceptors (Lipinski definition) is 4. The van der Waals surface area contributed by atoms with Gasteiger partial charge in [0.25, 0.3) is 0 Å². The van der Waals surface area contributed by atoms with Gasteiger partial charge in [0.1, 0.15) is 5.69 Å². The molecule has 0 saturated carbocycles. The van der Waals surface area contributed by atoms with Crippen molar-refractivity contribution >= 4 is 17.5 Å². The van der Waals surface area contributed by atoms with E-state index in [1.54, 1.807) is 12.1 Å². The van der Waals surface area contributed by atoms with Crippen LogP contribution in [0.5, 0.6) is 0 Å². The van der Waals surface area contributed by atoms with Crippen molar-refractivity contribution in [3.05, 3.63) is 53.1 Å². The average Bonchev–Trinajstić information content (AvgIpc) is 2.91. The van der Waals surface area contributed by atoms with Gasteiger partial charge >= 0.3 is 0 Å². The largest absolute Gasteiger partial charge is 0.367 e. The predicted octanol–water partition coefficient (Wildman–Crippen LogP) is 4.06. The number of nitrogens with zero attached hydrogens (tertiary/aromatic N) is 2. The van der Waals surface area contributed by atoms with Crippen LogP contribution in [0.3, 0.4) is 0 Å². The lowest BCUT2D eigenvalue weighted by molar-refractivity contribution is 0.434. The molecule has 0 spiro atoms. The highest BCUT2D eigenvalue weighted by Gasteiger charge is 2.25. The van der Waals surface area contributed by atoms with Crippen molar-refractivity contribution in [2.24, 2.45) is 0 Å². The Morgan fingerprint density at radius 2 is 1.73 bits per heavy atom. The molecule has 0 atom stereocenters. The van der Waals surface area contributed by atoms with Crippen LogP contribution in [0.15, 0.2) is 35.1 Å². The van der Waals surface area contributed by atoms with Crippen LogP contribution in [-0.4, -0.2) is 10.1 Å². The smallest absolute Gasteiger partial charge is 0.230 e. The topological polar surface area (TPSA) is 64.9 Å². The summed E-state index contributed by atoms with van der Waals surface area (Å²) in [5.41, 5.74) is 6.03. The zero-order valence-electron chi connectivity index (χ0n) is 10.8. The van der Waals surface area contributed by atoms with Crippen molar-refractivity contribution < 1.29 is 17.7 Å². The van der Waals surface area contributed by atoms with Crippen LogP contribution >= 0.6 is 11.6 Å². The lowest BCUT2D eigenvalue weighted by Gasteiger charge is -2.06. The summed E-state index contributed by atoms with van der Waals surface area (Å²) in [7, 11) is 0. The molecule has 0 amide bonds. The van der Waals surface area contributed by atoms with Crippen LogP contribution in [0.4, 0.5) is 19.1 Å². The summed E-state index contributed by atoms with van der Waals surface area (Å²) in [6, 6.07) is 4.11. The zero-order chi connectivity index (χ0) is 15.9. The highest BCUT2D eigenvalue weighted by molar-refractivity contribution is 6.31. The molecule has 2 aromatic heterocycles. The molecule has 0 fully saturated rings. The highest BCUT2D eigenvalue weighted by Crippen LogP contribution is 2.39. The summed E-state index contributed by atoms with van der Waals surface area (Å²) in [6.45, 7) is 0. The van der Waals surface area contributed by atoms with Gasteiger partial charge in [-0.1, -0.05) is 16.8 Å². The molecule has 2 heterocycles. The molecule has 3 aromatic rings. The third kappa shape index (κ3) is 2.19. The Kier molecular flexibility index (Phi) is 3.50. The van der Waals surface area contributed by atoms with Crippen LogP contribution in [0.1, 0.15) is 0 Å². The minimum atomic E-state index is -1.69. The summed E-state index contributed by atoms with van der Waals surface area (Å²) in [4.78, 5) is 3.85. The number of halogens is 4. The lowest BCUT2D eigenvalue weighted by atomic mass is 10.0. The van der Waals surface area contributed by atoms with Crippen molar-refractivity contribution in [2.45, 2.75) is 0 Å². The standard InChI is InChI=1S/C14H7ClF3N3O/c15-8-5-7(10(16)12(18)11(8)17)13-9(14(19)22-21-13)6-1-3-20-4-2-6/h1-5H,19H2. The Labute approximate surface area is 127 Å².